The molecule has 1 heterocycles. The quantitative estimate of drug-likeness (QED) is 0.467. The molecular weight excluding hydrogens is 440 g/mol. The van der Waals surface area contributed by atoms with Crippen LogP contribution in [0.15, 0.2) is 52.3 Å². The molecule has 0 aliphatic rings. The summed E-state index contributed by atoms with van der Waals surface area (Å²) in [6.07, 6.45) is 0. The minimum Gasteiger partial charge on any atom is -0.480 e. The molecule has 29 heavy (non-hydrogen) atoms. The molecule has 0 bridgehead atoms. The monoisotopic (exact) mass is 456 g/mol. The number of benzene rings is 2. The molecule has 0 saturated carbocycles. The Balaban J connectivity index is 2.36. The molecule has 154 valence electrons. The van der Waals surface area contributed by atoms with Gasteiger partial charge in [-0.2, -0.15) is 0 Å². The lowest BCUT2D eigenvalue weighted by Crippen LogP contribution is -2.11. The van der Waals surface area contributed by atoms with Crippen molar-refractivity contribution >= 4 is 54.7 Å². The van der Waals surface area contributed by atoms with Crippen molar-refractivity contribution < 1.29 is 26.7 Å². The third-order valence-electron chi connectivity index (χ3n) is 4.38. The van der Waals surface area contributed by atoms with Crippen molar-refractivity contribution in [3.05, 3.63) is 53.2 Å². The average Bonchev–Trinajstić information content (AvgIpc) is 2.93. The molecular formula is C18H17ClN2O6S2. The predicted octanol–water partition coefficient (Wildman–Crippen LogP) is 2.50. The molecule has 0 amide bonds. The molecule has 0 aliphatic heterocycles. The highest BCUT2D eigenvalue weighted by molar-refractivity contribution is 7.91. The summed E-state index contributed by atoms with van der Waals surface area (Å²) >= 11 is 5.86. The molecule has 8 nitrogen and oxygen atoms in total. The molecule has 11 heteroatoms. The third-order valence-corrected chi connectivity index (χ3v) is 6.98. The zero-order valence-corrected chi connectivity index (χ0v) is 17.6. The highest BCUT2D eigenvalue weighted by Crippen LogP contribution is 2.38. The molecule has 0 radical (unpaired) electrons. The van der Waals surface area contributed by atoms with Crippen LogP contribution in [0.3, 0.4) is 0 Å². The lowest BCUT2D eigenvalue weighted by atomic mass is 10.2. The molecule has 0 unspecified atom stereocenters. The third kappa shape index (κ3) is 4.09. The number of aromatic nitrogens is 1. The smallest absolute Gasteiger partial charge is 0.323 e. The van der Waals surface area contributed by atoms with Crippen molar-refractivity contribution in [2.24, 2.45) is 0 Å². The summed E-state index contributed by atoms with van der Waals surface area (Å²) in [5.41, 5.74) is 0.878. The van der Waals surface area contributed by atoms with Gasteiger partial charge in [-0.15, -0.1) is 0 Å². The number of sulfone groups is 1. The summed E-state index contributed by atoms with van der Waals surface area (Å²) in [6.45, 7) is 1.07. The van der Waals surface area contributed by atoms with Crippen LogP contribution in [0.2, 0.25) is 5.02 Å². The number of anilines is 1. The van der Waals surface area contributed by atoms with Crippen LogP contribution in [0.25, 0.3) is 10.9 Å². The SMILES string of the molecule is Cc1c(S(=O)(=O)c2ccc(Cl)cc2)c2c(NC[SH](=O)=O)cccc2n1CC(=O)O. The first-order chi connectivity index (χ1) is 13.6. The van der Waals surface area contributed by atoms with Gasteiger partial charge >= 0.3 is 5.97 Å². The normalized spacial score (nSPS) is 11.8. The van der Waals surface area contributed by atoms with E-state index in [-0.39, 0.29) is 26.6 Å². The van der Waals surface area contributed by atoms with Crippen molar-refractivity contribution in [1.29, 1.82) is 0 Å². The number of nitrogens with one attached hydrogen (secondary N) is 1. The van der Waals surface area contributed by atoms with Crippen LogP contribution in [0.4, 0.5) is 5.69 Å². The predicted molar refractivity (Wildman–Crippen MR) is 110 cm³/mol. The van der Waals surface area contributed by atoms with Crippen LogP contribution in [-0.4, -0.2) is 38.4 Å². The lowest BCUT2D eigenvalue weighted by molar-refractivity contribution is -0.137. The first kappa shape index (κ1) is 21.2. The Morgan fingerprint density at radius 1 is 1.17 bits per heavy atom. The van der Waals surface area contributed by atoms with E-state index in [0.717, 1.165) is 0 Å². The Morgan fingerprint density at radius 2 is 1.83 bits per heavy atom. The molecule has 2 aromatic carbocycles. The van der Waals surface area contributed by atoms with Gasteiger partial charge in [0.2, 0.25) is 9.84 Å². The van der Waals surface area contributed by atoms with Crippen molar-refractivity contribution in [2.45, 2.75) is 23.3 Å². The van der Waals surface area contributed by atoms with Crippen LogP contribution in [0, 0.1) is 6.92 Å². The van der Waals surface area contributed by atoms with Crippen LogP contribution in [0.1, 0.15) is 5.69 Å². The van der Waals surface area contributed by atoms with E-state index in [9.17, 15) is 26.7 Å². The molecule has 0 aliphatic carbocycles. The summed E-state index contributed by atoms with van der Waals surface area (Å²) < 4.78 is 50.3. The van der Waals surface area contributed by atoms with Gasteiger partial charge in [-0.05, 0) is 43.3 Å². The van der Waals surface area contributed by atoms with Gasteiger partial charge in [0.15, 0.2) is 10.7 Å². The second-order valence-corrected chi connectivity index (χ2v) is 9.52. The van der Waals surface area contributed by atoms with Crippen molar-refractivity contribution in [2.75, 3.05) is 11.2 Å². The van der Waals surface area contributed by atoms with Gasteiger partial charge in [0, 0.05) is 21.8 Å². The van der Waals surface area contributed by atoms with Gasteiger partial charge < -0.3 is 15.0 Å². The number of thiol groups is 1. The molecule has 0 spiro atoms. The summed E-state index contributed by atoms with van der Waals surface area (Å²) in [7, 11) is -6.81. The van der Waals surface area contributed by atoms with Crippen LogP contribution >= 0.6 is 11.6 Å². The van der Waals surface area contributed by atoms with E-state index in [2.05, 4.69) is 5.32 Å². The number of hydrogen-bond acceptors (Lipinski definition) is 6. The van der Waals surface area contributed by atoms with E-state index in [1.54, 1.807) is 18.2 Å². The van der Waals surface area contributed by atoms with Gasteiger partial charge in [0.1, 0.15) is 17.3 Å². The molecule has 1 aromatic heterocycles. The second kappa shape index (κ2) is 8.05. The minimum atomic E-state index is -4.05. The Labute approximate surface area is 173 Å². The van der Waals surface area contributed by atoms with Crippen molar-refractivity contribution in [3.63, 3.8) is 0 Å². The average molecular weight is 457 g/mol. The standard InChI is InChI=1S/C18H17ClN2O6S2/c1-11-18(29(26,27)13-7-5-12(19)6-8-13)17-14(20-10-28(24)25)3-2-4-15(17)21(11)9-16(22)23/h2-8,20,28H,9-10H2,1H3,(H,22,23). The van der Waals surface area contributed by atoms with Crippen molar-refractivity contribution in [1.82, 2.24) is 4.57 Å². The number of carboxylic acids is 1. The van der Waals surface area contributed by atoms with Gasteiger partial charge in [0.05, 0.1) is 10.4 Å². The maximum absolute atomic E-state index is 13.4. The first-order valence-electron chi connectivity index (χ1n) is 8.33. The van der Waals surface area contributed by atoms with Gasteiger partial charge in [-0.3, -0.25) is 4.79 Å². The van der Waals surface area contributed by atoms with E-state index < -0.39 is 38.9 Å². The van der Waals surface area contributed by atoms with E-state index in [1.165, 1.54) is 35.8 Å². The number of halogens is 1. The molecule has 3 aromatic rings. The van der Waals surface area contributed by atoms with Crippen LogP contribution in [-0.2, 0) is 31.9 Å². The fraction of sp³-hybridized carbons (Fsp3) is 0.167. The highest BCUT2D eigenvalue weighted by atomic mass is 35.5. The maximum atomic E-state index is 13.4. The molecule has 3 rings (SSSR count). The number of aliphatic carboxylic acids is 1. The molecule has 0 fully saturated rings. The van der Waals surface area contributed by atoms with Crippen LogP contribution in [0.5, 0.6) is 0 Å². The second-order valence-electron chi connectivity index (χ2n) is 6.22. The number of fused-ring (bicyclic) bond motifs is 1. The number of carbonyl (C=O) groups is 1. The fourth-order valence-electron chi connectivity index (χ4n) is 3.18. The lowest BCUT2D eigenvalue weighted by Gasteiger charge is -2.09. The number of hydrogen-bond donors (Lipinski definition) is 3. The van der Waals surface area contributed by atoms with E-state index in [1.807, 2.05) is 0 Å². The molecule has 2 N–H and O–H groups in total. The Hall–Kier alpha value is -2.56. The molecule has 0 saturated heterocycles. The highest BCUT2D eigenvalue weighted by Gasteiger charge is 2.29. The van der Waals surface area contributed by atoms with Crippen LogP contribution < -0.4 is 5.32 Å². The van der Waals surface area contributed by atoms with Crippen molar-refractivity contribution in [3.8, 4) is 0 Å². The summed E-state index contributed by atoms with van der Waals surface area (Å²) in [4.78, 5) is 11.3. The van der Waals surface area contributed by atoms with E-state index >= 15 is 0 Å². The van der Waals surface area contributed by atoms with Gasteiger partial charge in [-0.1, -0.05) is 17.7 Å². The zero-order chi connectivity index (χ0) is 21.3. The van der Waals surface area contributed by atoms with E-state index in [0.29, 0.717) is 10.5 Å². The Kier molecular flexibility index (Phi) is 5.87. The molecule has 0 atom stereocenters. The van der Waals surface area contributed by atoms with Gasteiger partial charge in [0.25, 0.3) is 0 Å². The Bertz CT molecular complexity index is 1270. The summed E-state index contributed by atoms with van der Waals surface area (Å²) in [5.74, 6) is -1.53. The van der Waals surface area contributed by atoms with Gasteiger partial charge in [-0.25, -0.2) is 16.8 Å². The fourth-order valence-corrected chi connectivity index (χ4v) is 5.32. The minimum absolute atomic E-state index is 0.0101. The zero-order valence-electron chi connectivity index (χ0n) is 15.1. The number of nitrogens with zero attached hydrogens (tertiary/aromatic N) is 1. The maximum Gasteiger partial charge on any atom is 0.323 e. The van der Waals surface area contributed by atoms with E-state index in [4.69, 9.17) is 11.6 Å². The number of carboxylic acid groups (broad SMARTS) is 1. The summed E-state index contributed by atoms with van der Waals surface area (Å²) in [6, 6.07) is 10.4. The first-order valence-corrected chi connectivity index (χ1v) is 11.5. The Morgan fingerprint density at radius 3 is 2.41 bits per heavy atom. The largest absolute Gasteiger partial charge is 0.480 e. The summed E-state index contributed by atoms with van der Waals surface area (Å²) in [5, 5.41) is 12.6. The number of rotatable bonds is 7. The topological polar surface area (TPSA) is 123 Å².